The van der Waals surface area contributed by atoms with Crippen molar-refractivity contribution >= 4 is 18.0 Å². The van der Waals surface area contributed by atoms with Gasteiger partial charge in [-0.1, -0.05) is 48.5 Å². The molecule has 2 aromatic carbocycles. The summed E-state index contributed by atoms with van der Waals surface area (Å²) < 4.78 is 10.8. The number of nitrogens with two attached hydrogens (primary N) is 1. The minimum Gasteiger partial charge on any atom is -0.479 e. The molecule has 8 nitrogen and oxygen atoms in total. The molecule has 0 heterocycles. The number of rotatable bonds is 8. The zero-order valence-corrected chi connectivity index (χ0v) is 19.1. The fourth-order valence-corrected chi connectivity index (χ4v) is 4.00. The van der Waals surface area contributed by atoms with Crippen LogP contribution in [0.25, 0.3) is 11.1 Å². The molecule has 0 saturated heterocycles. The Balaban J connectivity index is 1.79. The van der Waals surface area contributed by atoms with Crippen LogP contribution in [0.3, 0.4) is 0 Å². The third-order valence-electron chi connectivity index (χ3n) is 5.53. The molecule has 0 radical (unpaired) electrons. The van der Waals surface area contributed by atoms with Crippen LogP contribution in [0.2, 0.25) is 0 Å². The SMILES string of the molecule is CC(C)(C)OC(=O)[C@@](CCCN)(NC(=O)OCC1c2ccccc2-c2ccccc21)C(=O)O. The third-order valence-corrected chi connectivity index (χ3v) is 5.53. The van der Waals surface area contributed by atoms with Gasteiger partial charge in [-0.05, 0) is 62.4 Å². The molecule has 0 unspecified atom stereocenters. The number of alkyl carbamates (subject to hydrolysis) is 1. The Morgan fingerprint density at radius 2 is 1.55 bits per heavy atom. The molecule has 33 heavy (non-hydrogen) atoms. The lowest BCUT2D eigenvalue weighted by Gasteiger charge is -2.31. The molecule has 4 N–H and O–H groups in total. The van der Waals surface area contributed by atoms with Crippen molar-refractivity contribution < 1.29 is 29.0 Å². The zero-order valence-electron chi connectivity index (χ0n) is 19.1. The average molecular weight is 455 g/mol. The number of nitrogens with one attached hydrogen (secondary N) is 1. The van der Waals surface area contributed by atoms with Crippen molar-refractivity contribution in [2.75, 3.05) is 13.2 Å². The van der Waals surface area contributed by atoms with E-state index in [0.717, 1.165) is 22.3 Å². The van der Waals surface area contributed by atoms with E-state index >= 15 is 0 Å². The number of hydrogen-bond donors (Lipinski definition) is 3. The minimum atomic E-state index is -2.30. The Morgan fingerprint density at radius 1 is 1.00 bits per heavy atom. The smallest absolute Gasteiger partial charge is 0.408 e. The second kappa shape index (κ2) is 9.62. The van der Waals surface area contributed by atoms with E-state index in [1.165, 1.54) is 0 Å². The molecule has 0 spiro atoms. The molecular weight excluding hydrogens is 424 g/mol. The standard InChI is InChI=1S/C25H30N2O6/c1-24(2,3)33-22(30)25(21(28)29,13-8-14-26)27-23(31)32-15-20-18-11-6-4-9-16(18)17-10-5-7-12-19(17)20/h4-7,9-12,20H,8,13-15,26H2,1-3H3,(H,27,31)(H,28,29)/t25-/m0/s1. The Kier molecular flexibility index (Phi) is 7.07. The van der Waals surface area contributed by atoms with Crippen LogP contribution in [0.5, 0.6) is 0 Å². The Bertz CT molecular complexity index is 1000. The van der Waals surface area contributed by atoms with Crippen LogP contribution in [0, 0.1) is 0 Å². The van der Waals surface area contributed by atoms with Crippen LogP contribution in [-0.4, -0.2) is 47.4 Å². The fourth-order valence-electron chi connectivity index (χ4n) is 4.00. The predicted octanol–water partition coefficient (Wildman–Crippen LogP) is 3.43. The first-order valence-corrected chi connectivity index (χ1v) is 10.9. The fraction of sp³-hybridized carbons (Fsp3) is 0.400. The minimum absolute atomic E-state index is 0.0131. The Hall–Kier alpha value is -3.39. The summed E-state index contributed by atoms with van der Waals surface area (Å²) >= 11 is 0. The summed E-state index contributed by atoms with van der Waals surface area (Å²) in [5, 5.41) is 12.2. The number of amides is 1. The summed E-state index contributed by atoms with van der Waals surface area (Å²) in [5.41, 5.74) is 6.48. The summed E-state index contributed by atoms with van der Waals surface area (Å²) in [4.78, 5) is 37.7. The lowest BCUT2D eigenvalue weighted by Crippen LogP contribution is -2.62. The normalized spacial score (nSPS) is 14.5. The quantitative estimate of drug-likeness (QED) is 0.412. The van der Waals surface area contributed by atoms with Crippen LogP contribution >= 0.6 is 0 Å². The molecule has 1 amide bonds. The summed E-state index contributed by atoms with van der Waals surface area (Å²) in [6.45, 7) is 4.99. The maximum absolute atomic E-state index is 12.8. The van der Waals surface area contributed by atoms with E-state index in [9.17, 15) is 19.5 Å². The van der Waals surface area contributed by atoms with Crippen LogP contribution in [-0.2, 0) is 19.1 Å². The first kappa shape index (κ1) is 24.3. The molecule has 1 aliphatic carbocycles. The molecule has 2 aromatic rings. The van der Waals surface area contributed by atoms with Crippen LogP contribution in [0.15, 0.2) is 48.5 Å². The van der Waals surface area contributed by atoms with Gasteiger partial charge in [0.2, 0.25) is 5.54 Å². The van der Waals surface area contributed by atoms with Crippen molar-refractivity contribution in [1.29, 1.82) is 0 Å². The molecule has 8 heteroatoms. The summed E-state index contributed by atoms with van der Waals surface area (Å²) in [6.07, 6.45) is -1.05. The summed E-state index contributed by atoms with van der Waals surface area (Å²) in [6, 6.07) is 15.7. The molecule has 0 aromatic heterocycles. The molecule has 0 saturated carbocycles. The van der Waals surface area contributed by atoms with Gasteiger partial charge in [0, 0.05) is 5.92 Å². The number of esters is 1. The lowest BCUT2D eigenvalue weighted by molar-refractivity contribution is -0.171. The number of carbonyl (C=O) groups excluding carboxylic acids is 2. The third kappa shape index (κ3) is 5.17. The number of carboxylic acids is 1. The second-order valence-electron chi connectivity index (χ2n) is 9.06. The van der Waals surface area contributed by atoms with E-state index in [2.05, 4.69) is 5.32 Å². The molecule has 176 valence electrons. The maximum Gasteiger partial charge on any atom is 0.408 e. The highest BCUT2D eigenvalue weighted by Gasteiger charge is 2.50. The van der Waals surface area contributed by atoms with Crippen molar-refractivity contribution in [3.8, 4) is 11.1 Å². The second-order valence-corrected chi connectivity index (χ2v) is 9.06. The van der Waals surface area contributed by atoms with E-state index in [1.54, 1.807) is 20.8 Å². The van der Waals surface area contributed by atoms with E-state index in [4.69, 9.17) is 15.2 Å². The predicted molar refractivity (Wildman–Crippen MR) is 123 cm³/mol. The van der Waals surface area contributed by atoms with Crippen molar-refractivity contribution in [1.82, 2.24) is 5.32 Å². The van der Waals surface area contributed by atoms with Crippen LogP contribution in [0.1, 0.15) is 50.7 Å². The Morgan fingerprint density at radius 3 is 2.03 bits per heavy atom. The van der Waals surface area contributed by atoms with Crippen LogP contribution < -0.4 is 11.1 Å². The molecule has 0 fully saturated rings. The number of carboxylic acid groups (broad SMARTS) is 1. The molecule has 1 atom stereocenters. The molecule has 0 aliphatic heterocycles. The lowest BCUT2D eigenvalue weighted by atomic mass is 9.93. The molecular formula is C25H30N2O6. The summed E-state index contributed by atoms with van der Waals surface area (Å²) in [7, 11) is 0. The van der Waals surface area contributed by atoms with Crippen molar-refractivity contribution in [3.05, 3.63) is 59.7 Å². The first-order valence-electron chi connectivity index (χ1n) is 10.9. The van der Waals surface area contributed by atoms with Crippen molar-refractivity contribution in [2.45, 2.75) is 50.7 Å². The molecule has 3 rings (SSSR count). The van der Waals surface area contributed by atoms with Gasteiger partial charge >= 0.3 is 18.0 Å². The molecule has 0 bridgehead atoms. The van der Waals surface area contributed by atoms with E-state index in [1.807, 2.05) is 48.5 Å². The number of fused-ring (bicyclic) bond motifs is 3. The largest absolute Gasteiger partial charge is 0.479 e. The highest BCUT2D eigenvalue weighted by atomic mass is 16.6. The van der Waals surface area contributed by atoms with E-state index in [-0.39, 0.29) is 31.9 Å². The number of aliphatic carboxylic acids is 1. The van der Waals surface area contributed by atoms with Gasteiger partial charge < -0.3 is 20.3 Å². The monoisotopic (exact) mass is 454 g/mol. The van der Waals surface area contributed by atoms with Gasteiger partial charge in [0.05, 0.1) is 0 Å². The van der Waals surface area contributed by atoms with Gasteiger partial charge in [-0.3, -0.25) is 5.32 Å². The summed E-state index contributed by atoms with van der Waals surface area (Å²) in [5.74, 6) is -2.80. The molecule has 1 aliphatic rings. The van der Waals surface area contributed by atoms with Gasteiger partial charge in [0.15, 0.2) is 0 Å². The number of carbonyl (C=O) groups is 3. The zero-order chi connectivity index (χ0) is 24.2. The topological polar surface area (TPSA) is 128 Å². The van der Waals surface area contributed by atoms with Gasteiger partial charge in [-0.15, -0.1) is 0 Å². The van der Waals surface area contributed by atoms with Crippen molar-refractivity contribution in [2.24, 2.45) is 5.73 Å². The van der Waals surface area contributed by atoms with Crippen LogP contribution in [0.4, 0.5) is 4.79 Å². The first-order chi connectivity index (χ1) is 15.6. The van der Waals surface area contributed by atoms with Gasteiger partial charge in [-0.2, -0.15) is 0 Å². The number of hydrogen-bond acceptors (Lipinski definition) is 6. The van der Waals surface area contributed by atoms with E-state index < -0.39 is 29.2 Å². The maximum atomic E-state index is 12.8. The van der Waals surface area contributed by atoms with Crippen molar-refractivity contribution in [3.63, 3.8) is 0 Å². The highest BCUT2D eigenvalue weighted by Crippen LogP contribution is 2.44. The average Bonchev–Trinajstić information content (AvgIpc) is 3.07. The van der Waals surface area contributed by atoms with Gasteiger partial charge in [0.25, 0.3) is 0 Å². The highest BCUT2D eigenvalue weighted by molar-refractivity contribution is 6.06. The Labute approximate surface area is 193 Å². The van der Waals surface area contributed by atoms with Gasteiger partial charge in [-0.25, -0.2) is 14.4 Å². The number of benzene rings is 2. The van der Waals surface area contributed by atoms with E-state index in [0.29, 0.717) is 0 Å². The number of ether oxygens (including phenoxy) is 2. The van der Waals surface area contributed by atoms with Gasteiger partial charge in [0.1, 0.15) is 12.2 Å².